The summed E-state index contributed by atoms with van der Waals surface area (Å²) >= 11 is 0.842. The fraction of sp³-hybridized carbons (Fsp3) is 0.435. The second-order valence-corrected chi connectivity index (χ2v) is 9.47. The molecule has 0 N–H and O–H groups in total. The standard InChI is InChI=1S/C23H28N2O4S/c1-13(2)25-18-9-8-16(10-17(18)14(3)12-23(25,5)6)11-19-20(26)24(22(28)30-19)15(4)21(27)29-7/h8-13,15H,1-7H3/b19-11+. The highest BCUT2D eigenvalue weighted by molar-refractivity contribution is 8.18. The number of ether oxygens (including phenoxy) is 1. The summed E-state index contributed by atoms with van der Waals surface area (Å²) in [5, 5.41) is -0.467. The summed E-state index contributed by atoms with van der Waals surface area (Å²) in [6.45, 7) is 12.3. The summed E-state index contributed by atoms with van der Waals surface area (Å²) in [6.07, 6.45) is 3.97. The van der Waals surface area contributed by atoms with Crippen LogP contribution in [0, 0.1) is 0 Å². The van der Waals surface area contributed by atoms with E-state index in [9.17, 15) is 14.4 Å². The molecule has 30 heavy (non-hydrogen) atoms. The lowest BCUT2D eigenvalue weighted by Crippen LogP contribution is -2.49. The van der Waals surface area contributed by atoms with Crippen LogP contribution < -0.4 is 4.90 Å². The van der Waals surface area contributed by atoms with Crippen LogP contribution in [0.3, 0.4) is 0 Å². The molecule has 0 spiro atoms. The van der Waals surface area contributed by atoms with Gasteiger partial charge < -0.3 is 9.64 Å². The van der Waals surface area contributed by atoms with Gasteiger partial charge in [0, 0.05) is 17.3 Å². The van der Waals surface area contributed by atoms with Crippen molar-refractivity contribution in [2.24, 2.45) is 0 Å². The van der Waals surface area contributed by atoms with Crippen LogP contribution in [0.2, 0.25) is 0 Å². The predicted molar refractivity (Wildman–Crippen MR) is 121 cm³/mol. The average molecular weight is 429 g/mol. The fourth-order valence-corrected chi connectivity index (χ4v) is 5.25. The monoisotopic (exact) mass is 428 g/mol. The van der Waals surface area contributed by atoms with E-state index in [1.807, 2.05) is 12.1 Å². The van der Waals surface area contributed by atoms with Crippen molar-refractivity contribution in [2.75, 3.05) is 12.0 Å². The van der Waals surface area contributed by atoms with Gasteiger partial charge >= 0.3 is 5.97 Å². The summed E-state index contributed by atoms with van der Waals surface area (Å²) in [4.78, 5) is 40.5. The summed E-state index contributed by atoms with van der Waals surface area (Å²) < 4.78 is 4.67. The molecule has 0 radical (unpaired) electrons. The van der Waals surface area contributed by atoms with Gasteiger partial charge in [-0.15, -0.1) is 0 Å². The maximum Gasteiger partial charge on any atom is 0.328 e. The molecule has 1 fully saturated rings. The van der Waals surface area contributed by atoms with Crippen molar-refractivity contribution < 1.29 is 19.1 Å². The molecule has 6 nitrogen and oxygen atoms in total. The third kappa shape index (κ3) is 3.78. The lowest BCUT2D eigenvalue weighted by molar-refractivity contribution is -0.148. The number of fused-ring (bicyclic) bond motifs is 1. The van der Waals surface area contributed by atoms with Crippen molar-refractivity contribution in [3.8, 4) is 0 Å². The normalized spacial score (nSPS) is 20.5. The minimum atomic E-state index is -0.955. The Morgan fingerprint density at radius 1 is 1.20 bits per heavy atom. The van der Waals surface area contributed by atoms with Gasteiger partial charge in [-0.05, 0) is 82.6 Å². The molecule has 1 saturated heterocycles. The van der Waals surface area contributed by atoms with Gasteiger partial charge in [-0.25, -0.2) is 4.79 Å². The van der Waals surface area contributed by atoms with Gasteiger partial charge in [0.15, 0.2) is 0 Å². The highest BCUT2D eigenvalue weighted by Gasteiger charge is 2.41. The smallest absolute Gasteiger partial charge is 0.328 e. The quantitative estimate of drug-likeness (QED) is 0.512. The number of carbonyl (C=O) groups excluding carboxylic acids is 3. The number of benzene rings is 1. The first-order valence-electron chi connectivity index (χ1n) is 9.96. The summed E-state index contributed by atoms with van der Waals surface area (Å²) in [5.74, 6) is -1.10. The zero-order chi connectivity index (χ0) is 22.4. The minimum absolute atomic E-state index is 0.0978. The molecule has 0 bridgehead atoms. The Hall–Kier alpha value is -2.54. The number of esters is 1. The van der Waals surface area contributed by atoms with Gasteiger partial charge in [0.1, 0.15) is 6.04 Å². The predicted octanol–water partition coefficient (Wildman–Crippen LogP) is 4.69. The maximum absolute atomic E-state index is 12.8. The van der Waals surface area contributed by atoms with E-state index in [1.54, 1.807) is 6.08 Å². The number of hydrogen-bond acceptors (Lipinski definition) is 6. The van der Waals surface area contributed by atoms with E-state index in [0.717, 1.165) is 33.5 Å². The Morgan fingerprint density at radius 3 is 2.47 bits per heavy atom. The largest absolute Gasteiger partial charge is 0.467 e. The van der Waals surface area contributed by atoms with Crippen molar-refractivity contribution in [3.05, 3.63) is 40.3 Å². The maximum atomic E-state index is 12.8. The SMILES string of the molecule is COC(=O)C(C)N1C(=O)S/C(=C/c2ccc3c(c2)C(C)=CC(C)(C)N3C(C)C)C1=O. The number of imide groups is 1. The first-order valence-corrected chi connectivity index (χ1v) is 10.8. The van der Waals surface area contributed by atoms with E-state index < -0.39 is 23.2 Å². The topological polar surface area (TPSA) is 66.9 Å². The first kappa shape index (κ1) is 22.2. The second-order valence-electron chi connectivity index (χ2n) is 8.47. The average Bonchev–Trinajstić information content (AvgIpc) is 2.93. The molecule has 2 amide bonds. The Balaban J connectivity index is 1.97. The molecular weight excluding hydrogens is 400 g/mol. The second kappa shape index (κ2) is 7.95. The number of carbonyl (C=O) groups is 3. The molecule has 7 heteroatoms. The van der Waals surface area contributed by atoms with E-state index in [2.05, 4.69) is 56.4 Å². The number of hydrogen-bond donors (Lipinski definition) is 0. The fourth-order valence-electron chi connectivity index (χ4n) is 4.34. The van der Waals surface area contributed by atoms with E-state index in [1.165, 1.54) is 19.6 Å². The van der Waals surface area contributed by atoms with Gasteiger partial charge in [-0.3, -0.25) is 14.5 Å². The number of allylic oxidation sites excluding steroid dienone is 1. The first-order chi connectivity index (χ1) is 14.0. The Labute approximate surface area is 181 Å². The van der Waals surface area contributed by atoms with E-state index in [0.29, 0.717) is 10.9 Å². The molecule has 0 aliphatic carbocycles. The van der Waals surface area contributed by atoms with Crippen molar-refractivity contribution in [2.45, 2.75) is 59.2 Å². The third-order valence-corrected chi connectivity index (χ3v) is 6.35. The summed E-state index contributed by atoms with van der Waals surface area (Å²) in [5.41, 5.74) is 4.17. The summed E-state index contributed by atoms with van der Waals surface area (Å²) in [6, 6.07) is 5.44. The number of amides is 2. The van der Waals surface area contributed by atoms with Gasteiger partial charge in [0.25, 0.3) is 11.1 Å². The van der Waals surface area contributed by atoms with Crippen LogP contribution in [0.15, 0.2) is 29.2 Å². The van der Waals surface area contributed by atoms with Crippen LogP contribution in [0.25, 0.3) is 11.6 Å². The lowest BCUT2D eigenvalue weighted by Gasteiger charge is -2.46. The van der Waals surface area contributed by atoms with Crippen LogP contribution in [0.5, 0.6) is 0 Å². The van der Waals surface area contributed by atoms with Crippen LogP contribution in [-0.4, -0.2) is 46.7 Å². The van der Waals surface area contributed by atoms with Gasteiger partial charge in [0.05, 0.1) is 17.6 Å². The molecule has 2 aliphatic heterocycles. The van der Waals surface area contributed by atoms with Gasteiger partial charge in [-0.2, -0.15) is 0 Å². The Kier molecular flexibility index (Phi) is 5.87. The van der Waals surface area contributed by atoms with Crippen LogP contribution >= 0.6 is 11.8 Å². The highest BCUT2D eigenvalue weighted by atomic mass is 32.2. The highest BCUT2D eigenvalue weighted by Crippen LogP contribution is 2.41. The van der Waals surface area contributed by atoms with Crippen LogP contribution in [0.4, 0.5) is 10.5 Å². The molecule has 3 rings (SSSR count). The summed E-state index contributed by atoms with van der Waals surface area (Å²) in [7, 11) is 1.23. The molecule has 1 unspecified atom stereocenters. The van der Waals surface area contributed by atoms with Crippen molar-refractivity contribution in [3.63, 3.8) is 0 Å². The molecule has 1 aromatic carbocycles. The third-order valence-electron chi connectivity index (χ3n) is 5.46. The minimum Gasteiger partial charge on any atom is -0.467 e. The van der Waals surface area contributed by atoms with Crippen molar-refractivity contribution >= 4 is 46.2 Å². The van der Waals surface area contributed by atoms with Crippen LogP contribution in [0.1, 0.15) is 52.7 Å². The number of methoxy groups -OCH3 is 1. The van der Waals surface area contributed by atoms with E-state index >= 15 is 0 Å². The molecule has 0 saturated carbocycles. The van der Waals surface area contributed by atoms with Crippen molar-refractivity contribution in [1.82, 2.24) is 4.90 Å². The van der Waals surface area contributed by atoms with E-state index in [-0.39, 0.29) is 5.54 Å². The lowest BCUT2D eigenvalue weighted by atomic mass is 9.87. The molecule has 1 aromatic rings. The zero-order valence-electron chi connectivity index (χ0n) is 18.5. The molecule has 1 atom stereocenters. The molecule has 160 valence electrons. The van der Waals surface area contributed by atoms with Crippen LogP contribution in [-0.2, 0) is 14.3 Å². The number of nitrogens with zero attached hydrogens (tertiary/aromatic N) is 2. The molecule has 2 heterocycles. The number of anilines is 1. The van der Waals surface area contributed by atoms with Gasteiger partial charge in [0.2, 0.25) is 0 Å². The Morgan fingerprint density at radius 2 is 1.87 bits per heavy atom. The molecule has 0 aromatic heterocycles. The molecular formula is C23H28N2O4S. The molecule has 2 aliphatic rings. The van der Waals surface area contributed by atoms with Gasteiger partial charge in [-0.1, -0.05) is 12.1 Å². The number of thioether (sulfide) groups is 1. The zero-order valence-corrected chi connectivity index (χ0v) is 19.3. The Bertz CT molecular complexity index is 977. The number of rotatable bonds is 4. The van der Waals surface area contributed by atoms with Crippen molar-refractivity contribution in [1.29, 1.82) is 0 Å². The van der Waals surface area contributed by atoms with E-state index in [4.69, 9.17) is 0 Å².